The Hall–Kier alpha value is -2.63. The Kier molecular flexibility index (Phi) is 7.61. The van der Waals surface area contributed by atoms with Gasteiger partial charge in [0.2, 0.25) is 5.91 Å². The van der Waals surface area contributed by atoms with Crippen LogP contribution in [0.5, 0.6) is 0 Å². The van der Waals surface area contributed by atoms with Gasteiger partial charge in [-0.2, -0.15) is 0 Å². The highest BCUT2D eigenvalue weighted by molar-refractivity contribution is 6.30. The predicted molar refractivity (Wildman–Crippen MR) is 129 cm³/mol. The van der Waals surface area contributed by atoms with Crippen LogP contribution in [0.4, 0.5) is 0 Å². The number of carbonyl (C=O) groups is 2. The molecule has 2 heterocycles. The van der Waals surface area contributed by atoms with Gasteiger partial charge in [0.1, 0.15) is 0 Å². The lowest BCUT2D eigenvalue weighted by molar-refractivity contribution is -0.138. The number of amides is 2. The quantitative estimate of drug-likeness (QED) is 0.688. The van der Waals surface area contributed by atoms with Crippen molar-refractivity contribution in [3.8, 4) is 0 Å². The molecule has 1 unspecified atom stereocenters. The third-order valence-electron chi connectivity index (χ3n) is 6.31. The molecule has 0 radical (unpaired) electrons. The van der Waals surface area contributed by atoms with E-state index in [2.05, 4.69) is 29.2 Å². The van der Waals surface area contributed by atoms with E-state index in [0.717, 1.165) is 45.6 Å². The molecule has 0 saturated carbocycles. The molecule has 2 amide bonds. The molecule has 0 N–H and O–H groups in total. The third kappa shape index (κ3) is 5.78. The third-order valence-corrected chi connectivity index (χ3v) is 6.56. The molecule has 2 aromatic rings. The molecule has 4 rings (SSSR count). The maximum Gasteiger partial charge on any atom is 0.253 e. The number of hydrogen-bond acceptors (Lipinski definition) is 3. The van der Waals surface area contributed by atoms with Crippen molar-refractivity contribution < 1.29 is 9.59 Å². The molecule has 0 aromatic heterocycles. The van der Waals surface area contributed by atoms with Crippen LogP contribution in [0.3, 0.4) is 0 Å². The standard InChI is InChI=1S/C26H30ClN3O2/c27-24-12-10-22(11-13-24)25(31)30-15-5-9-23(20-30)26(32)29-18-16-28(17-19-29)14-4-8-21-6-2-1-3-7-21/h1-4,6-8,10-13,23H,5,9,14-20H2. The fourth-order valence-electron chi connectivity index (χ4n) is 4.45. The van der Waals surface area contributed by atoms with E-state index in [9.17, 15) is 9.59 Å². The fourth-order valence-corrected chi connectivity index (χ4v) is 4.58. The van der Waals surface area contributed by atoms with Crippen molar-refractivity contribution in [3.63, 3.8) is 0 Å². The number of carbonyl (C=O) groups excluding carboxylic acids is 2. The van der Waals surface area contributed by atoms with E-state index in [0.29, 0.717) is 23.7 Å². The van der Waals surface area contributed by atoms with E-state index in [1.807, 2.05) is 28.0 Å². The number of piperidine rings is 1. The van der Waals surface area contributed by atoms with Gasteiger partial charge in [-0.1, -0.05) is 54.1 Å². The van der Waals surface area contributed by atoms with Crippen molar-refractivity contribution in [3.05, 3.63) is 76.8 Å². The van der Waals surface area contributed by atoms with Gasteiger partial charge in [0.25, 0.3) is 5.91 Å². The number of benzene rings is 2. The van der Waals surface area contributed by atoms with Crippen molar-refractivity contribution >= 4 is 29.5 Å². The molecular weight excluding hydrogens is 422 g/mol. The molecule has 0 bridgehead atoms. The van der Waals surface area contributed by atoms with E-state index in [-0.39, 0.29) is 17.7 Å². The molecule has 2 fully saturated rings. The molecule has 2 aliphatic heterocycles. The molecule has 2 aliphatic rings. The zero-order valence-electron chi connectivity index (χ0n) is 18.3. The first-order chi connectivity index (χ1) is 15.6. The van der Waals surface area contributed by atoms with Crippen molar-refractivity contribution in [2.75, 3.05) is 45.8 Å². The van der Waals surface area contributed by atoms with Gasteiger partial charge >= 0.3 is 0 Å². The summed E-state index contributed by atoms with van der Waals surface area (Å²) in [6.45, 7) is 5.35. The number of piperazine rings is 1. The minimum atomic E-state index is -0.107. The van der Waals surface area contributed by atoms with Crippen LogP contribution in [0.2, 0.25) is 5.02 Å². The summed E-state index contributed by atoms with van der Waals surface area (Å²) < 4.78 is 0. The van der Waals surface area contributed by atoms with Gasteiger partial charge in [0.05, 0.1) is 5.92 Å². The monoisotopic (exact) mass is 451 g/mol. The number of nitrogens with zero attached hydrogens (tertiary/aromatic N) is 3. The lowest BCUT2D eigenvalue weighted by Crippen LogP contribution is -2.53. The predicted octanol–water partition coefficient (Wildman–Crippen LogP) is 4.05. The van der Waals surface area contributed by atoms with Crippen LogP contribution < -0.4 is 0 Å². The van der Waals surface area contributed by atoms with Gasteiger partial charge in [-0.3, -0.25) is 14.5 Å². The Morgan fingerprint density at radius 2 is 1.62 bits per heavy atom. The molecular formula is C26H30ClN3O2. The summed E-state index contributed by atoms with van der Waals surface area (Å²) in [5.41, 5.74) is 1.83. The van der Waals surface area contributed by atoms with Gasteiger partial charge in [-0.15, -0.1) is 0 Å². The van der Waals surface area contributed by atoms with Crippen LogP contribution in [0.25, 0.3) is 6.08 Å². The number of hydrogen-bond donors (Lipinski definition) is 0. The van der Waals surface area contributed by atoms with Crippen LogP contribution in [0, 0.1) is 5.92 Å². The van der Waals surface area contributed by atoms with Crippen molar-refractivity contribution in [1.82, 2.24) is 14.7 Å². The zero-order valence-corrected chi connectivity index (χ0v) is 19.1. The summed E-state index contributed by atoms with van der Waals surface area (Å²) in [5, 5.41) is 0.614. The summed E-state index contributed by atoms with van der Waals surface area (Å²) in [7, 11) is 0. The largest absolute Gasteiger partial charge is 0.340 e. The Labute approximate surface area is 195 Å². The van der Waals surface area contributed by atoms with Gasteiger partial charge in [0, 0.05) is 56.4 Å². The average molecular weight is 452 g/mol. The Bertz CT molecular complexity index is 937. The highest BCUT2D eigenvalue weighted by Crippen LogP contribution is 2.22. The van der Waals surface area contributed by atoms with E-state index >= 15 is 0 Å². The second-order valence-corrected chi connectivity index (χ2v) is 8.97. The Morgan fingerprint density at radius 3 is 2.34 bits per heavy atom. The lowest BCUT2D eigenvalue weighted by atomic mass is 9.95. The molecule has 2 aromatic carbocycles. The second kappa shape index (κ2) is 10.8. The number of rotatable bonds is 5. The molecule has 6 heteroatoms. The number of likely N-dealkylation sites (tertiary alicyclic amines) is 1. The summed E-state index contributed by atoms with van der Waals surface area (Å²) >= 11 is 5.94. The second-order valence-electron chi connectivity index (χ2n) is 8.54. The molecule has 0 aliphatic carbocycles. The first-order valence-electron chi connectivity index (χ1n) is 11.4. The minimum Gasteiger partial charge on any atom is -0.340 e. The minimum absolute atomic E-state index is 0.0193. The van der Waals surface area contributed by atoms with Crippen LogP contribution in [0.1, 0.15) is 28.8 Å². The summed E-state index contributed by atoms with van der Waals surface area (Å²) in [5.74, 6) is 0.0665. The van der Waals surface area contributed by atoms with Gasteiger partial charge < -0.3 is 9.80 Å². The first kappa shape index (κ1) is 22.6. The Morgan fingerprint density at radius 1 is 0.906 bits per heavy atom. The topological polar surface area (TPSA) is 43.9 Å². The van der Waals surface area contributed by atoms with Crippen LogP contribution >= 0.6 is 11.6 Å². The molecule has 0 spiro atoms. The van der Waals surface area contributed by atoms with Gasteiger partial charge in [-0.25, -0.2) is 0 Å². The van der Waals surface area contributed by atoms with Crippen LogP contribution in [0.15, 0.2) is 60.7 Å². The lowest BCUT2D eigenvalue weighted by Gasteiger charge is -2.38. The molecule has 168 valence electrons. The van der Waals surface area contributed by atoms with E-state index in [1.165, 1.54) is 5.56 Å². The molecule has 32 heavy (non-hydrogen) atoms. The van der Waals surface area contributed by atoms with Gasteiger partial charge in [-0.05, 0) is 42.7 Å². The summed E-state index contributed by atoms with van der Waals surface area (Å²) in [4.78, 5) is 32.2. The maximum absolute atomic E-state index is 13.1. The highest BCUT2D eigenvalue weighted by Gasteiger charge is 2.32. The van der Waals surface area contributed by atoms with Crippen molar-refractivity contribution in [2.24, 2.45) is 5.92 Å². The van der Waals surface area contributed by atoms with E-state index in [1.54, 1.807) is 24.3 Å². The van der Waals surface area contributed by atoms with Gasteiger partial charge in [0.15, 0.2) is 0 Å². The highest BCUT2D eigenvalue weighted by atomic mass is 35.5. The smallest absolute Gasteiger partial charge is 0.253 e. The zero-order chi connectivity index (χ0) is 22.3. The van der Waals surface area contributed by atoms with Crippen LogP contribution in [-0.4, -0.2) is 72.3 Å². The number of halogens is 1. The summed E-state index contributed by atoms with van der Waals surface area (Å²) in [6.07, 6.45) is 6.04. The molecule has 2 saturated heterocycles. The molecule has 1 atom stereocenters. The maximum atomic E-state index is 13.1. The SMILES string of the molecule is O=C(c1ccc(Cl)cc1)N1CCCC(C(=O)N2CCN(CC=Cc3ccccc3)CC2)C1. The van der Waals surface area contributed by atoms with E-state index < -0.39 is 0 Å². The fraction of sp³-hybridized carbons (Fsp3) is 0.385. The Balaban J connectivity index is 1.26. The van der Waals surface area contributed by atoms with E-state index in [4.69, 9.17) is 11.6 Å². The molecule has 5 nitrogen and oxygen atoms in total. The normalized spacial score (nSPS) is 20.0. The average Bonchev–Trinajstić information content (AvgIpc) is 2.85. The summed E-state index contributed by atoms with van der Waals surface area (Å²) in [6, 6.07) is 17.3. The van der Waals surface area contributed by atoms with Crippen molar-refractivity contribution in [2.45, 2.75) is 12.8 Å². The van der Waals surface area contributed by atoms with Crippen molar-refractivity contribution in [1.29, 1.82) is 0 Å². The first-order valence-corrected chi connectivity index (χ1v) is 11.8. The van der Waals surface area contributed by atoms with Crippen LogP contribution in [-0.2, 0) is 4.79 Å².